The molecule has 7 nitrogen and oxygen atoms in total. The molecule has 0 bridgehead atoms. The second kappa shape index (κ2) is 11.7. The molecule has 1 aromatic heterocycles. The molecular formula is C20H30IN5O2S. The first-order valence-corrected chi connectivity index (χ1v) is 11.5. The van der Waals surface area contributed by atoms with Crippen molar-refractivity contribution in [2.45, 2.75) is 32.7 Å². The second-order valence-corrected chi connectivity index (χ2v) is 9.00. The van der Waals surface area contributed by atoms with Crippen molar-refractivity contribution >= 4 is 50.9 Å². The van der Waals surface area contributed by atoms with Crippen LogP contribution in [0.15, 0.2) is 41.5 Å². The highest BCUT2D eigenvalue weighted by atomic mass is 127. The molecule has 3 N–H and O–H groups in total. The average Bonchev–Trinajstić information content (AvgIpc) is 2.64. The van der Waals surface area contributed by atoms with E-state index in [-0.39, 0.29) is 29.7 Å². The van der Waals surface area contributed by atoms with Gasteiger partial charge in [0.15, 0.2) is 5.96 Å². The van der Waals surface area contributed by atoms with E-state index in [2.05, 4.69) is 25.3 Å². The molecule has 0 radical (unpaired) electrons. The molecule has 1 aliphatic rings. The Hall–Kier alpha value is -1.46. The molecule has 0 spiro atoms. The molecule has 0 aliphatic heterocycles. The number of sulfonamides is 1. The van der Waals surface area contributed by atoms with E-state index in [0.29, 0.717) is 38.1 Å². The third-order valence-electron chi connectivity index (χ3n) is 4.97. The molecule has 1 fully saturated rings. The summed E-state index contributed by atoms with van der Waals surface area (Å²) >= 11 is 0. The molecule has 160 valence electrons. The molecule has 0 unspecified atom stereocenters. The maximum Gasteiger partial charge on any atom is 0.213 e. The zero-order valence-corrected chi connectivity index (χ0v) is 19.9. The summed E-state index contributed by atoms with van der Waals surface area (Å²) in [4.78, 5) is 8.97. The zero-order valence-electron chi connectivity index (χ0n) is 16.7. The number of aliphatic imine (C=N–C) groups is 1. The number of nitrogens with zero attached hydrogens (tertiary/aromatic N) is 2. The number of rotatable bonds is 9. The fourth-order valence-electron chi connectivity index (χ4n) is 3.12. The average molecular weight is 531 g/mol. The van der Waals surface area contributed by atoms with Crippen molar-refractivity contribution in [3.05, 3.63) is 42.1 Å². The highest BCUT2D eigenvalue weighted by Gasteiger charge is 2.20. The predicted molar refractivity (Wildman–Crippen MR) is 129 cm³/mol. The van der Waals surface area contributed by atoms with Gasteiger partial charge in [-0.25, -0.2) is 18.1 Å². The number of benzene rings is 1. The number of guanidine groups is 1. The van der Waals surface area contributed by atoms with Crippen LogP contribution in [-0.2, 0) is 16.6 Å². The minimum Gasteiger partial charge on any atom is -0.357 e. The van der Waals surface area contributed by atoms with E-state index < -0.39 is 10.0 Å². The van der Waals surface area contributed by atoms with E-state index in [1.165, 1.54) is 6.42 Å². The summed E-state index contributed by atoms with van der Waals surface area (Å²) in [5.74, 6) is 1.15. The van der Waals surface area contributed by atoms with Gasteiger partial charge < -0.3 is 10.6 Å². The topological polar surface area (TPSA) is 95.5 Å². The first-order valence-electron chi connectivity index (χ1n) is 9.89. The van der Waals surface area contributed by atoms with E-state index in [9.17, 15) is 8.42 Å². The summed E-state index contributed by atoms with van der Waals surface area (Å²) in [6.45, 7) is 4.05. The van der Waals surface area contributed by atoms with Crippen LogP contribution in [0.2, 0.25) is 0 Å². The number of hydrogen-bond donors (Lipinski definition) is 3. The van der Waals surface area contributed by atoms with Crippen LogP contribution in [0.3, 0.4) is 0 Å². The van der Waals surface area contributed by atoms with Gasteiger partial charge in [0.1, 0.15) is 0 Å². The van der Waals surface area contributed by atoms with E-state index >= 15 is 0 Å². The van der Waals surface area contributed by atoms with Gasteiger partial charge in [0.05, 0.1) is 17.8 Å². The Balaban J connectivity index is 0.00000300. The molecule has 29 heavy (non-hydrogen) atoms. The van der Waals surface area contributed by atoms with Gasteiger partial charge in [-0.2, -0.15) is 0 Å². The van der Waals surface area contributed by atoms with Crippen molar-refractivity contribution in [1.82, 2.24) is 20.3 Å². The summed E-state index contributed by atoms with van der Waals surface area (Å²) in [6.07, 6.45) is 5.25. The molecule has 2 aromatic rings. The summed E-state index contributed by atoms with van der Waals surface area (Å²) in [6, 6.07) is 9.93. The van der Waals surface area contributed by atoms with E-state index in [0.717, 1.165) is 29.3 Å². The molecule has 9 heteroatoms. The number of fused-ring (bicyclic) bond motifs is 1. The lowest BCUT2D eigenvalue weighted by molar-refractivity contribution is 0.316. The minimum atomic E-state index is -3.26. The maximum atomic E-state index is 12.1. The van der Waals surface area contributed by atoms with Crippen LogP contribution in [0.5, 0.6) is 0 Å². The number of halogens is 1. The normalized spacial score (nSPS) is 14.9. The Morgan fingerprint density at radius 1 is 1.21 bits per heavy atom. The van der Waals surface area contributed by atoms with Gasteiger partial charge in [-0.3, -0.25) is 4.98 Å². The fourth-order valence-corrected chi connectivity index (χ4v) is 4.12. The van der Waals surface area contributed by atoms with E-state index in [1.54, 1.807) is 6.20 Å². The van der Waals surface area contributed by atoms with Crippen LogP contribution in [0.1, 0.15) is 31.7 Å². The zero-order chi connectivity index (χ0) is 19.8. The second-order valence-electron chi connectivity index (χ2n) is 7.07. The minimum absolute atomic E-state index is 0. The third-order valence-corrected chi connectivity index (χ3v) is 6.32. The molecule has 1 aliphatic carbocycles. The molecule has 0 atom stereocenters. The molecule has 1 aromatic carbocycles. The molecule has 1 heterocycles. The van der Waals surface area contributed by atoms with Crippen molar-refractivity contribution in [2.75, 3.05) is 25.4 Å². The van der Waals surface area contributed by atoms with Crippen molar-refractivity contribution in [2.24, 2.45) is 10.9 Å². The van der Waals surface area contributed by atoms with Crippen LogP contribution in [0, 0.1) is 5.92 Å². The molecular weight excluding hydrogens is 501 g/mol. The lowest BCUT2D eigenvalue weighted by Crippen LogP contribution is -2.42. The first kappa shape index (κ1) is 23.8. The summed E-state index contributed by atoms with van der Waals surface area (Å²) in [5.41, 5.74) is 2.02. The standard InChI is InChI=1S/C20H29N5O2S.HI/c1-2-21-20(23-12-13-28(26,27)25-14-16-6-5-7-16)24-15-17-10-11-22-19-9-4-3-8-18(17)19;/h3-4,8-11,16,25H,2,5-7,12-15H2,1H3,(H2,21,23,24);1H. The summed E-state index contributed by atoms with van der Waals surface area (Å²) < 4.78 is 27.0. The van der Waals surface area contributed by atoms with Gasteiger partial charge in [-0.15, -0.1) is 24.0 Å². The first-order chi connectivity index (χ1) is 13.6. The van der Waals surface area contributed by atoms with Gasteiger partial charge in [-0.1, -0.05) is 24.6 Å². The van der Waals surface area contributed by atoms with Gasteiger partial charge in [0.2, 0.25) is 10.0 Å². The van der Waals surface area contributed by atoms with Gasteiger partial charge >= 0.3 is 0 Å². The number of para-hydroxylation sites is 1. The summed E-state index contributed by atoms with van der Waals surface area (Å²) in [7, 11) is -3.26. The Morgan fingerprint density at radius 2 is 2.00 bits per heavy atom. The van der Waals surface area contributed by atoms with Gasteiger partial charge in [0.25, 0.3) is 0 Å². The lowest BCUT2D eigenvalue weighted by Gasteiger charge is -2.25. The SMILES string of the molecule is CCNC(=NCc1ccnc2ccccc12)NCCS(=O)(=O)NCC1CCC1.I. The Labute approximate surface area is 190 Å². The van der Waals surface area contributed by atoms with Gasteiger partial charge in [0, 0.05) is 31.2 Å². The Morgan fingerprint density at radius 3 is 2.72 bits per heavy atom. The number of hydrogen-bond acceptors (Lipinski definition) is 4. The van der Waals surface area contributed by atoms with Crippen molar-refractivity contribution in [1.29, 1.82) is 0 Å². The number of nitrogens with one attached hydrogen (secondary N) is 3. The quantitative estimate of drug-likeness (QED) is 0.263. The van der Waals surface area contributed by atoms with Crippen LogP contribution in [0.4, 0.5) is 0 Å². The fraction of sp³-hybridized carbons (Fsp3) is 0.500. The van der Waals surface area contributed by atoms with Crippen LogP contribution >= 0.6 is 24.0 Å². The van der Waals surface area contributed by atoms with Crippen molar-refractivity contribution < 1.29 is 8.42 Å². The third kappa shape index (κ3) is 7.38. The van der Waals surface area contributed by atoms with Crippen molar-refractivity contribution in [3.8, 4) is 0 Å². The van der Waals surface area contributed by atoms with Crippen LogP contribution in [-0.4, -0.2) is 44.7 Å². The van der Waals surface area contributed by atoms with Crippen molar-refractivity contribution in [3.63, 3.8) is 0 Å². The van der Waals surface area contributed by atoms with E-state index in [1.807, 2.05) is 37.3 Å². The van der Waals surface area contributed by atoms with Crippen LogP contribution in [0.25, 0.3) is 10.9 Å². The van der Waals surface area contributed by atoms with Gasteiger partial charge in [-0.05, 0) is 43.4 Å². The predicted octanol–water partition coefficient (Wildman–Crippen LogP) is 2.63. The largest absolute Gasteiger partial charge is 0.357 e. The molecule has 3 rings (SSSR count). The number of aromatic nitrogens is 1. The molecule has 1 saturated carbocycles. The monoisotopic (exact) mass is 531 g/mol. The Bertz CT molecular complexity index is 911. The summed E-state index contributed by atoms with van der Waals surface area (Å²) in [5, 5.41) is 7.35. The highest BCUT2D eigenvalue weighted by Crippen LogP contribution is 2.25. The van der Waals surface area contributed by atoms with Crippen LogP contribution < -0.4 is 15.4 Å². The number of pyridine rings is 1. The lowest BCUT2D eigenvalue weighted by atomic mass is 9.86. The smallest absolute Gasteiger partial charge is 0.213 e. The molecule has 0 saturated heterocycles. The molecule has 0 amide bonds. The highest BCUT2D eigenvalue weighted by molar-refractivity contribution is 14.0. The van der Waals surface area contributed by atoms with E-state index in [4.69, 9.17) is 0 Å². The Kier molecular flexibility index (Phi) is 9.57. The maximum absolute atomic E-state index is 12.1.